The van der Waals surface area contributed by atoms with E-state index in [4.69, 9.17) is 14.2 Å². The molecule has 0 aromatic heterocycles. The number of nitrogens with zero attached hydrogens (tertiary/aromatic N) is 1. The van der Waals surface area contributed by atoms with E-state index in [0.29, 0.717) is 42.2 Å². The fourth-order valence-electron chi connectivity index (χ4n) is 3.16. The number of ether oxygens (including phenoxy) is 3. The van der Waals surface area contributed by atoms with Gasteiger partial charge in [-0.1, -0.05) is 10.7 Å². The fourth-order valence-corrected chi connectivity index (χ4v) is 4.13. The fraction of sp³-hybridized carbons (Fsp3) is 0.400. The minimum absolute atomic E-state index is 0.0325. The van der Waals surface area contributed by atoms with Crippen LogP contribution >= 0.6 is 10.7 Å². The molecular weight excluding hydrogens is 459 g/mol. The van der Waals surface area contributed by atoms with E-state index >= 15 is 4.39 Å². The largest absolute Gasteiger partial charge is 0.493 e. The summed E-state index contributed by atoms with van der Waals surface area (Å²) in [5.74, 6) is -0.361. The van der Waals surface area contributed by atoms with Gasteiger partial charge in [-0.2, -0.15) is 0 Å². The first-order chi connectivity index (χ1) is 16.2. The third kappa shape index (κ3) is 7.04. The number of halogens is 1. The first-order valence-corrected chi connectivity index (χ1v) is 12.6. The minimum Gasteiger partial charge on any atom is -0.493 e. The Balaban J connectivity index is 2.57. The topological polar surface area (TPSA) is 77.1 Å². The Hall–Kier alpha value is -2.91. The summed E-state index contributed by atoms with van der Waals surface area (Å²) in [6, 6.07) is 9.29. The van der Waals surface area contributed by atoms with Crippen LogP contribution in [0.25, 0.3) is 11.1 Å². The molecule has 1 atom stereocenters. The van der Waals surface area contributed by atoms with E-state index < -0.39 is 22.6 Å². The van der Waals surface area contributed by atoms with Crippen LogP contribution in [0.4, 0.5) is 14.9 Å². The van der Waals surface area contributed by atoms with Gasteiger partial charge < -0.3 is 19.5 Å². The summed E-state index contributed by atoms with van der Waals surface area (Å²) < 4.78 is 32.5. The quantitative estimate of drug-likeness (QED) is 0.362. The van der Waals surface area contributed by atoms with Gasteiger partial charge in [0.15, 0.2) is 0 Å². The Kier molecular flexibility index (Phi) is 10.5. The summed E-state index contributed by atoms with van der Waals surface area (Å²) in [6.07, 6.45) is 1.95. The molecule has 1 unspecified atom stereocenters. The van der Waals surface area contributed by atoms with Gasteiger partial charge in [-0.3, -0.25) is 4.79 Å². The van der Waals surface area contributed by atoms with Crippen LogP contribution in [0.3, 0.4) is 0 Å². The van der Waals surface area contributed by atoms with Gasteiger partial charge in [0.05, 0.1) is 19.4 Å². The molecule has 0 saturated carbocycles. The van der Waals surface area contributed by atoms with Gasteiger partial charge in [-0.05, 0) is 68.8 Å². The summed E-state index contributed by atoms with van der Waals surface area (Å²) in [7, 11) is 2.33. The van der Waals surface area contributed by atoms with Gasteiger partial charge in [-0.15, -0.1) is 0 Å². The van der Waals surface area contributed by atoms with E-state index in [0.717, 1.165) is 0 Å². The van der Waals surface area contributed by atoms with E-state index in [1.54, 1.807) is 31.4 Å². The maximum absolute atomic E-state index is 15.0. The van der Waals surface area contributed by atoms with Gasteiger partial charge in [0, 0.05) is 42.9 Å². The van der Waals surface area contributed by atoms with Crippen molar-refractivity contribution < 1.29 is 28.2 Å². The lowest BCUT2D eigenvalue weighted by Crippen LogP contribution is -2.30. The van der Waals surface area contributed by atoms with Crippen molar-refractivity contribution in [2.45, 2.75) is 33.2 Å². The molecule has 1 N–H and O–H groups in total. The van der Waals surface area contributed by atoms with E-state index in [1.807, 2.05) is 32.4 Å². The van der Waals surface area contributed by atoms with Crippen LogP contribution in [-0.4, -0.2) is 57.1 Å². The van der Waals surface area contributed by atoms with Crippen molar-refractivity contribution in [3.05, 3.63) is 47.8 Å². The first-order valence-electron chi connectivity index (χ1n) is 10.9. The Morgan fingerprint density at radius 2 is 1.85 bits per heavy atom. The van der Waals surface area contributed by atoms with Crippen LogP contribution in [-0.2, 0) is 9.47 Å². The van der Waals surface area contributed by atoms with E-state index in [1.165, 1.54) is 23.5 Å². The standard InChI is InChI=1S/C25H33FN2O5S/c1-7-34(6)28(25(30)32-5)19-10-12-22(26)21(16-19)20-11-9-18(24(29)27-17(2)3)15-23(20)33-14-8-13-31-4/h7,9-12,15-17H,8,13-14H2,1-6H3,(H,27,29). The molecule has 0 radical (unpaired) electrons. The Morgan fingerprint density at radius 1 is 1.12 bits per heavy atom. The maximum Gasteiger partial charge on any atom is 0.423 e. The molecule has 34 heavy (non-hydrogen) atoms. The van der Waals surface area contributed by atoms with Crippen LogP contribution in [0.2, 0.25) is 0 Å². The Bertz CT molecular complexity index is 1040. The molecule has 2 amide bonds. The lowest BCUT2D eigenvalue weighted by atomic mass is 10.0. The molecular formula is C25H33FN2O5S. The van der Waals surface area contributed by atoms with Crippen molar-refractivity contribution in [3.63, 3.8) is 0 Å². The molecule has 0 aliphatic heterocycles. The van der Waals surface area contributed by atoms with Crippen LogP contribution in [0.5, 0.6) is 5.75 Å². The van der Waals surface area contributed by atoms with Gasteiger partial charge >= 0.3 is 6.09 Å². The van der Waals surface area contributed by atoms with E-state index in [-0.39, 0.29) is 17.5 Å². The molecule has 0 saturated heterocycles. The molecule has 2 aromatic carbocycles. The Labute approximate surface area is 203 Å². The number of anilines is 1. The number of benzene rings is 2. The summed E-state index contributed by atoms with van der Waals surface area (Å²) in [5, 5.41) is 4.71. The van der Waals surface area contributed by atoms with Gasteiger partial charge in [0.25, 0.3) is 5.91 Å². The van der Waals surface area contributed by atoms with E-state index in [9.17, 15) is 9.59 Å². The van der Waals surface area contributed by atoms with Crippen LogP contribution in [0.15, 0.2) is 36.4 Å². The first kappa shape index (κ1) is 27.3. The summed E-state index contributed by atoms with van der Waals surface area (Å²) >= 11 is 0. The lowest BCUT2D eigenvalue weighted by Gasteiger charge is -2.23. The zero-order valence-corrected chi connectivity index (χ0v) is 21.3. The molecule has 2 rings (SSSR count). The number of carbonyl (C=O) groups excluding carboxylic acids is 2. The maximum atomic E-state index is 15.0. The SMILES string of the molecule is C/C=S(\C)N(C(=O)OC)c1ccc(F)c(-c2ccc(C(=O)NC(C)C)cc2OCCCOC)c1. The van der Waals surface area contributed by atoms with Crippen molar-refractivity contribution in [2.24, 2.45) is 0 Å². The molecule has 7 nitrogen and oxygen atoms in total. The number of carbonyl (C=O) groups is 2. The van der Waals surface area contributed by atoms with Crippen molar-refractivity contribution in [3.8, 4) is 16.9 Å². The van der Waals surface area contributed by atoms with Crippen molar-refractivity contribution >= 4 is 33.7 Å². The number of hydrogen-bond donors (Lipinski definition) is 1. The number of hydrogen-bond acceptors (Lipinski definition) is 5. The summed E-state index contributed by atoms with van der Waals surface area (Å²) in [6.45, 7) is 6.42. The van der Waals surface area contributed by atoms with Gasteiger partial charge in [-0.25, -0.2) is 13.5 Å². The van der Waals surface area contributed by atoms with E-state index in [2.05, 4.69) is 5.32 Å². The molecule has 0 aliphatic rings. The van der Waals surface area contributed by atoms with Gasteiger partial charge in [0.2, 0.25) is 0 Å². The zero-order valence-electron chi connectivity index (χ0n) is 20.5. The number of amides is 2. The second kappa shape index (κ2) is 13.1. The molecule has 0 heterocycles. The van der Waals surface area contributed by atoms with Gasteiger partial charge in [0.1, 0.15) is 11.6 Å². The highest BCUT2D eigenvalue weighted by atomic mass is 32.2. The van der Waals surface area contributed by atoms with Crippen LogP contribution in [0.1, 0.15) is 37.6 Å². The highest BCUT2D eigenvalue weighted by molar-refractivity contribution is 8.16. The van der Waals surface area contributed by atoms with Crippen LogP contribution < -0.4 is 14.4 Å². The molecule has 0 spiro atoms. The summed E-state index contributed by atoms with van der Waals surface area (Å²) in [5.41, 5.74) is 1.61. The lowest BCUT2D eigenvalue weighted by molar-refractivity contribution is 0.0942. The third-order valence-corrected chi connectivity index (χ3v) is 6.48. The van der Waals surface area contributed by atoms with Crippen molar-refractivity contribution in [1.29, 1.82) is 0 Å². The zero-order chi connectivity index (χ0) is 25.3. The van der Waals surface area contributed by atoms with Crippen LogP contribution in [0, 0.1) is 5.82 Å². The second-order valence-electron chi connectivity index (χ2n) is 7.72. The average molecular weight is 493 g/mol. The number of methoxy groups -OCH3 is 2. The average Bonchev–Trinajstić information content (AvgIpc) is 2.82. The predicted molar refractivity (Wildman–Crippen MR) is 137 cm³/mol. The Morgan fingerprint density at radius 3 is 2.47 bits per heavy atom. The predicted octanol–water partition coefficient (Wildman–Crippen LogP) is 5.25. The minimum atomic E-state index is -0.582. The normalized spacial score (nSPS) is 11.9. The molecule has 2 aromatic rings. The molecule has 0 aliphatic carbocycles. The highest BCUT2D eigenvalue weighted by Gasteiger charge is 2.21. The third-order valence-electron chi connectivity index (χ3n) is 4.86. The highest BCUT2D eigenvalue weighted by Crippen LogP contribution is 2.37. The van der Waals surface area contributed by atoms with Crippen molar-refractivity contribution in [1.82, 2.24) is 5.32 Å². The second-order valence-corrected chi connectivity index (χ2v) is 9.61. The smallest absolute Gasteiger partial charge is 0.423 e. The monoisotopic (exact) mass is 492 g/mol. The number of nitrogens with one attached hydrogen (secondary N) is 1. The number of rotatable bonds is 10. The summed E-state index contributed by atoms with van der Waals surface area (Å²) in [4.78, 5) is 25.0. The molecule has 0 bridgehead atoms. The molecule has 186 valence electrons. The molecule has 9 heteroatoms. The molecule has 0 fully saturated rings. The van der Waals surface area contributed by atoms with Crippen molar-refractivity contribution in [2.75, 3.05) is 38.0 Å².